The number of carbonyl (C=O) groups is 1. The van der Waals surface area contributed by atoms with Crippen molar-refractivity contribution in [3.63, 3.8) is 0 Å². The minimum absolute atomic E-state index is 0.234. The van der Waals surface area contributed by atoms with Crippen LogP contribution in [-0.2, 0) is 9.53 Å². The molecule has 5 N–H and O–H groups in total. The zero-order valence-electron chi connectivity index (χ0n) is 18.5. The highest BCUT2D eigenvalue weighted by Crippen LogP contribution is 2.30. The van der Waals surface area contributed by atoms with Crippen LogP contribution in [0.5, 0.6) is 0 Å². The second-order valence-corrected chi connectivity index (χ2v) is 9.83. The molecule has 0 spiro atoms. The number of rotatable bonds is 9. The lowest BCUT2D eigenvalue weighted by atomic mass is 9.93. The summed E-state index contributed by atoms with van der Waals surface area (Å²) in [4.78, 5) is 13.0. The molecule has 0 radical (unpaired) electrons. The van der Waals surface area contributed by atoms with Crippen molar-refractivity contribution in [1.29, 1.82) is 0 Å². The second-order valence-electron chi connectivity index (χ2n) is 8.20. The number of thioether (sulfide) groups is 1. The maximum Gasteiger partial charge on any atom is 0.237 e. The first-order valence-corrected chi connectivity index (χ1v) is 12.8. The third kappa shape index (κ3) is 7.45. The molecule has 3 unspecified atom stereocenters. The van der Waals surface area contributed by atoms with Crippen LogP contribution in [0.25, 0.3) is 0 Å². The van der Waals surface area contributed by atoms with Crippen molar-refractivity contribution in [1.82, 2.24) is 10.6 Å². The Labute approximate surface area is 194 Å². The lowest BCUT2D eigenvalue weighted by molar-refractivity contribution is -0.205. The third-order valence-corrected chi connectivity index (χ3v) is 6.92. The van der Waals surface area contributed by atoms with Crippen LogP contribution in [0.2, 0.25) is 0 Å². The van der Waals surface area contributed by atoms with Crippen LogP contribution in [0, 0.1) is 0 Å². The summed E-state index contributed by atoms with van der Waals surface area (Å²) >= 11 is 7.57. The minimum Gasteiger partial charge on any atom is -0.388 e. The normalized spacial score (nSPS) is 34.1. The molecule has 2 aliphatic heterocycles. The molecular weight excluding hydrogens is 440 g/mol. The molecule has 0 aromatic heterocycles. The molecule has 31 heavy (non-hydrogen) atoms. The van der Waals surface area contributed by atoms with Gasteiger partial charge >= 0.3 is 0 Å². The molecule has 1 amide bonds. The predicted octanol–water partition coefficient (Wildman–Crippen LogP) is 1.69. The molecule has 1 saturated heterocycles. The van der Waals surface area contributed by atoms with Gasteiger partial charge in [-0.1, -0.05) is 43.6 Å². The summed E-state index contributed by atoms with van der Waals surface area (Å²) in [5, 5.41) is 36.4. The monoisotopic (exact) mass is 476 g/mol. The van der Waals surface area contributed by atoms with Crippen LogP contribution in [0.4, 0.5) is 0 Å². The number of aliphatic hydroxyl groups is 3. The van der Waals surface area contributed by atoms with E-state index >= 15 is 0 Å². The Kier molecular flexibility index (Phi) is 11.3. The average Bonchev–Trinajstić information content (AvgIpc) is 2.99. The summed E-state index contributed by atoms with van der Waals surface area (Å²) in [6.45, 7) is 4.56. The van der Waals surface area contributed by atoms with Gasteiger partial charge in [-0.25, -0.2) is 0 Å². The summed E-state index contributed by atoms with van der Waals surface area (Å²) in [5.41, 5.74) is 0.492. The minimum atomic E-state index is -1.38. The molecule has 8 atom stereocenters. The Morgan fingerprint density at radius 3 is 2.77 bits per heavy atom. The maximum atomic E-state index is 13.0. The Morgan fingerprint density at radius 2 is 2.13 bits per heavy atom. The number of carbonyl (C=O) groups excluding carboxylic acids is 1. The van der Waals surface area contributed by atoms with E-state index in [0.717, 1.165) is 12.8 Å². The smallest absolute Gasteiger partial charge is 0.237 e. The summed E-state index contributed by atoms with van der Waals surface area (Å²) in [7, 11) is 0. The summed E-state index contributed by atoms with van der Waals surface area (Å²) in [6, 6.07) is -1.16. The molecule has 178 valence electrons. The van der Waals surface area contributed by atoms with Crippen LogP contribution < -0.4 is 10.6 Å². The first-order valence-electron chi connectivity index (χ1n) is 11.1. The van der Waals surface area contributed by atoms with Crippen LogP contribution in [0.3, 0.4) is 0 Å². The fourth-order valence-corrected chi connectivity index (χ4v) is 4.73. The van der Waals surface area contributed by atoms with Gasteiger partial charge in [-0.2, -0.15) is 0 Å². The quantitative estimate of drug-likeness (QED) is 0.254. The van der Waals surface area contributed by atoms with E-state index < -0.39 is 47.3 Å². The van der Waals surface area contributed by atoms with Crippen molar-refractivity contribution in [3.05, 3.63) is 23.8 Å². The van der Waals surface area contributed by atoms with Crippen LogP contribution in [0.15, 0.2) is 23.8 Å². The number of halogens is 1. The van der Waals surface area contributed by atoms with Gasteiger partial charge in [0.05, 0.1) is 17.5 Å². The van der Waals surface area contributed by atoms with E-state index in [1.807, 2.05) is 0 Å². The SMILES string of the molecule is CCCC/C=C/C1=CC[C@@H](C(=O)N[C@H]([C@H](C)Cl)[C@H]2OC(SC)[C@H](O)C(O)C2O)NCC1. The Balaban J connectivity index is 2.03. The van der Waals surface area contributed by atoms with Gasteiger partial charge in [0.15, 0.2) is 0 Å². The lowest BCUT2D eigenvalue weighted by Gasteiger charge is -2.44. The molecule has 2 heterocycles. The van der Waals surface area contributed by atoms with Gasteiger partial charge in [-0.3, -0.25) is 4.79 Å². The standard InChI is InChI=1S/C22H37ClN2O5S/c1-4-5-6-7-8-14-9-10-15(24-12-11-14)21(29)25-16(13(2)23)20-18(27)17(26)19(28)22(30-20)31-3/h7-9,13,15-20,22,24,26-28H,4-6,10-12H2,1-3H3,(H,25,29)/b8-7+/t13-,15-,16+,17?,18?,19+,20+,22?/m0/s1. The van der Waals surface area contributed by atoms with E-state index in [4.69, 9.17) is 16.3 Å². The topological polar surface area (TPSA) is 111 Å². The van der Waals surface area contributed by atoms with Gasteiger partial charge in [-0.15, -0.1) is 23.4 Å². The number of aliphatic hydroxyl groups excluding tert-OH is 3. The van der Waals surface area contributed by atoms with E-state index in [-0.39, 0.29) is 5.91 Å². The van der Waals surface area contributed by atoms with E-state index in [1.165, 1.54) is 30.2 Å². The number of nitrogens with one attached hydrogen (secondary N) is 2. The van der Waals surface area contributed by atoms with Crippen LogP contribution in [-0.4, -0.2) is 81.3 Å². The second kappa shape index (κ2) is 13.2. The van der Waals surface area contributed by atoms with Crippen LogP contribution >= 0.6 is 23.4 Å². The lowest BCUT2D eigenvalue weighted by Crippen LogP contribution is -2.65. The van der Waals surface area contributed by atoms with Gasteiger partial charge in [0.1, 0.15) is 29.9 Å². The van der Waals surface area contributed by atoms with Crippen molar-refractivity contribution in [2.45, 2.75) is 93.3 Å². The van der Waals surface area contributed by atoms with Gasteiger partial charge in [0, 0.05) is 0 Å². The molecule has 0 aromatic rings. The van der Waals surface area contributed by atoms with E-state index in [2.05, 4.69) is 35.8 Å². The number of alkyl halides is 1. The first-order chi connectivity index (χ1) is 14.8. The number of ether oxygens (including phenoxy) is 1. The highest BCUT2D eigenvalue weighted by atomic mass is 35.5. The summed E-state index contributed by atoms with van der Waals surface area (Å²) in [5.74, 6) is -0.234. The molecule has 9 heteroatoms. The zero-order valence-corrected chi connectivity index (χ0v) is 20.1. The van der Waals surface area contributed by atoms with Crippen molar-refractivity contribution < 1.29 is 24.9 Å². The van der Waals surface area contributed by atoms with E-state index in [1.54, 1.807) is 13.2 Å². The van der Waals surface area contributed by atoms with Crippen molar-refractivity contribution in [2.24, 2.45) is 0 Å². The van der Waals surface area contributed by atoms with E-state index in [9.17, 15) is 20.1 Å². The number of hydrogen-bond acceptors (Lipinski definition) is 7. The van der Waals surface area contributed by atoms with Crippen molar-refractivity contribution in [3.8, 4) is 0 Å². The fraction of sp³-hybridized carbons (Fsp3) is 0.773. The molecule has 0 bridgehead atoms. The number of allylic oxidation sites excluding steroid dienone is 2. The third-order valence-electron chi connectivity index (χ3n) is 5.79. The summed E-state index contributed by atoms with van der Waals surface area (Å²) in [6.07, 6.45) is 8.03. The highest BCUT2D eigenvalue weighted by molar-refractivity contribution is 7.99. The van der Waals surface area contributed by atoms with E-state index in [0.29, 0.717) is 13.0 Å². The predicted molar refractivity (Wildman–Crippen MR) is 125 cm³/mol. The maximum absolute atomic E-state index is 13.0. The highest BCUT2D eigenvalue weighted by Gasteiger charge is 2.48. The molecule has 1 fully saturated rings. The average molecular weight is 477 g/mol. The molecule has 0 saturated carbocycles. The van der Waals surface area contributed by atoms with Crippen LogP contribution in [0.1, 0.15) is 46.0 Å². The van der Waals surface area contributed by atoms with Gasteiger partial charge < -0.3 is 30.7 Å². The number of hydrogen-bond donors (Lipinski definition) is 5. The van der Waals surface area contributed by atoms with Gasteiger partial charge in [0.25, 0.3) is 0 Å². The molecule has 0 aliphatic carbocycles. The molecule has 2 aliphatic rings. The van der Waals surface area contributed by atoms with Crippen molar-refractivity contribution >= 4 is 29.3 Å². The zero-order chi connectivity index (χ0) is 23.0. The molecule has 0 aromatic carbocycles. The fourth-order valence-electron chi connectivity index (χ4n) is 3.84. The molecular formula is C22H37ClN2O5S. The Hall–Kier alpha value is -0.610. The largest absolute Gasteiger partial charge is 0.388 e. The Morgan fingerprint density at radius 1 is 1.39 bits per heavy atom. The van der Waals surface area contributed by atoms with Gasteiger partial charge in [-0.05, 0) is 39.0 Å². The van der Waals surface area contributed by atoms with Gasteiger partial charge in [0.2, 0.25) is 5.91 Å². The Bertz CT molecular complexity index is 631. The number of amides is 1. The molecule has 7 nitrogen and oxygen atoms in total. The first kappa shape index (κ1) is 26.6. The summed E-state index contributed by atoms with van der Waals surface area (Å²) < 4.78 is 5.81. The number of unbranched alkanes of at least 4 members (excludes halogenated alkanes) is 2. The van der Waals surface area contributed by atoms with Crippen molar-refractivity contribution in [2.75, 3.05) is 12.8 Å². The molecule has 2 rings (SSSR count).